The molecule has 2 aromatic heterocycles. The zero-order valence-electron chi connectivity index (χ0n) is 12.6. The molecule has 2 aromatic rings. The Morgan fingerprint density at radius 3 is 2.76 bits per heavy atom. The number of fused-ring (bicyclic) bond motifs is 1. The van der Waals surface area contributed by atoms with E-state index in [4.69, 9.17) is 16.3 Å². The molecule has 114 valence electrons. The number of hydrogen-bond acceptors (Lipinski definition) is 6. The lowest BCUT2D eigenvalue weighted by Crippen LogP contribution is -2.20. The summed E-state index contributed by atoms with van der Waals surface area (Å²) >= 11 is 7.31. The number of thiophene rings is 1. The zero-order valence-corrected chi connectivity index (χ0v) is 14.1. The summed E-state index contributed by atoms with van der Waals surface area (Å²) in [6, 6.07) is 0. The Labute approximate surface area is 132 Å². The molecule has 0 aromatic carbocycles. The summed E-state index contributed by atoms with van der Waals surface area (Å²) in [6.45, 7) is 4.91. The van der Waals surface area contributed by atoms with Gasteiger partial charge in [0.25, 0.3) is 0 Å². The maximum absolute atomic E-state index is 11.8. The number of nitrogens with zero attached hydrogens (tertiary/aromatic N) is 3. The predicted molar refractivity (Wildman–Crippen MR) is 86.7 cm³/mol. The molecular weight excluding hydrogens is 310 g/mol. The first-order valence-electron chi connectivity index (χ1n) is 6.75. The summed E-state index contributed by atoms with van der Waals surface area (Å²) in [6.07, 6.45) is 2.16. The molecule has 0 radical (unpaired) electrons. The second kappa shape index (κ2) is 6.58. The third kappa shape index (κ3) is 3.11. The number of anilines is 1. The highest BCUT2D eigenvalue weighted by Crippen LogP contribution is 2.36. The van der Waals surface area contributed by atoms with Gasteiger partial charge in [-0.2, -0.15) is 4.98 Å². The third-order valence-electron chi connectivity index (χ3n) is 3.32. The fourth-order valence-corrected chi connectivity index (χ4v) is 3.47. The molecule has 2 rings (SSSR count). The maximum Gasteiger partial charge on any atom is 0.348 e. The van der Waals surface area contributed by atoms with E-state index in [0.29, 0.717) is 9.71 Å². The van der Waals surface area contributed by atoms with Gasteiger partial charge in [0.15, 0.2) is 0 Å². The Morgan fingerprint density at radius 1 is 1.43 bits per heavy atom. The highest BCUT2D eigenvalue weighted by Gasteiger charge is 2.22. The van der Waals surface area contributed by atoms with Crippen LogP contribution < -0.4 is 4.90 Å². The van der Waals surface area contributed by atoms with Crippen molar-refractivity contribution >= 4 is 44.9 Å². The average molecular weight is 328 g/mol. The third-order valence-corrected chi connectivity index (χ3v) is 4.66. The molecular formula is C14H18ClN3O2S. The van der Waals surface area contributed by atoms with E-state index in [1.54, 1.807) is 0 Å². The molecule has 0 aliphatic rings. The van der Waals surface area contributed by atoms with Crippen molar-refractivity contribution < 1.29 is 9.53 Å². The summed E-state index contributed by atoms with van der Waals surface area (Å²) in [7, 11) is 3.35. The van der Waals surface area contributed by atoms with Crippen LogP contribution in [-0.2, 0) is 4.74 Å². The normalized spacial score (nSPS) is 10.9. The van der Waals surface area contributed by atoms with Crippen molar-refractivity contribution in [1.29, 1.82) is 0 Å². The van der Waals surface area contributed by atoms with Gasteiger partial charge in [-0.3, -0.25) is 0 Å². The van der Waals surface area contributed by atoms with Crippen LogP contribution in [0.25, 0.3) is 10.2 Å². The van der Waals surface area contributed by atoms with E-state index in [-0.39, 0.29) is 11.3 Å². The number of carbonyl (C=O) groups is 1. The van der Waals surface area contributed by atoms with Crippen LogP contribution in [0.15, 0.2) is 0 Å². The van der Waals surface area contributed by atoms with Crippen molar-refractivity contribution in [3.63, 3.8) is 0 Å². The molecule has 0 fully saturated rings. The number of halogens is 1. The van der Waals surface area contributed by atoms with Crippen LogP contribution in [0, 0.1) is 6.92 Å². The smallest absolute Gasteiger partial charge is 0.348 e. The second-order valence-electron chi connectivity index (χ2n) is 4.82. The molecule has 0 unspecified atom stereocenters. The number of ether oxygens (including phenoxy) is 1. The molecule has 7 heteroatoms. The number of aryl methyl sites for hydroxylation is 1. The monoisotopic (exact) mass is 327 g/mol. The van der Waals surface area contributed by atoms with E-state index >= 15 is 0 Å². The van der Waals surface area contributed by atoms with E-state index in [9.17, 15) is 4.79 Å². The largest absolute Gasteiger partial charge is 0.465 e. The van der Waals surface area contributed by atoms with E-state index in [0.717, 1.165) is 36.2 Å². The molecule has 2 heterocycles. The predicted octanol–water partition coefficient (Wildman–Crippen LogP) is 3.68. The van der Waals surface area contributed by atoms with Gasteiger partial charge < -0.3 is 9.64 Å². The lowest BCUT2D eigenvalue weighted by atomic mass is 10.2. The summed E-state index contributed by atoms with van der Waals surface area (Å²) in [5.41, 5.74) is 0.844. The van der Waals surface area contributed by atoms with Gasteiger partial charge in [0.05, 0.1) is 12.5 Å². The van der Waals surface area contributed by atoms with Crippen molar-refractivity contribution in [1.82, 2.24) is 9.97 Å². The fraction of sp³-hybridized carbons (Fsp3) is 0.500. The van der Waals surface area contributed by atoms with Gasteiger partial charge in [-0.15, -0.1) is 11.3 Å². The number of aromatic nitrogens is 2. The number of esters is 1. The Hall–Kier alpha value is -1.40. The topological polar surface area (TPSA) is 55.3 Å². The van der Waals surface area contributed by atoms with Crippen LogP contribution in [-0.4, -0.2) is 36.6 Å². The number of unbranched alkanes of at least 4 members (excludes halogenated alkanes) is 1. The first-order chi connectivity index (χ1) is 9.99. The number of rotatable bonds is 5. The Balaban J connectivity index is 2.59. The molecule has 5 nitrogen and oxygen atoms in total. The molecule has 21 heavy (non-hydrogen) atoms. The van der Waals surface area contributed by atoms with Crippen molar-refractivity contribution in [3.8, 4) is 0 Å². The summed E-state index contributed by atoms with van der Waals surface area (Å²) in [4.78, 5) is 23.7. The first kappa shape index (κ1) is 16.0. The van der Waals surface area contributed by atoms with Crippen molar-refractivity contribution in [2.75, 3.05) is 25.6 Å². The molecule has 0 N–H and O–H groups in total. The molecule has 0 bridgehead atoms. The minimum absolute atomic E-state index is 0.193. The number of hydrogen-bond donors (Lipinski definition) is 0. The zero-order chi connectivity index (χ0) is 15.6. The first-order valence-corrected chi connectivity index (χ1v) is 7.95. The van der Waals surface area contributed by atoms with Gasteiger partial charge in [-0.05, 0) is 30.5 Å². The van der Waals surface area contributed by atoms with Gasteiger partial charge in [0.2, 0.25) is 5.28 Å². The van der Waals surface area contributed by atoms with Crippen LogP contribution in [0.4, 0.5) is 5.82 Å². The molecule has 0 saturated heterocycles. The van der Waals surface area contributed by atoms with Gasteiger partial charge in [0.1, 0.15) is 15.5 Å². The average Bonchev–Trinajstić information content (AvgIpc) is 2.80. The second-order valence-corrected chi connectivity index (χ2v) is 6.16. The lowest BCUT2D eigenvalue weighted by Gasteiger charge is -2.19. The van der Waals surface area contributed by atoms with Crippen LogP contribution in [0.5, 0.6) is 0 Å². The van der Waals surface area contributed by atoms with Crippen molar-refractivity contribution in [3.05, 3.63) is 15.7 Å². The molecule has 0 aliphatic heterocycles. The highest BCUT2D eigenvalue weighted by atomic mass is 35.5. The Morgan fingerprint density at radius 2 is 2.14 bits per heavy atom. The van der Waals surface area contributed by atoms with E-state index in [1.165, 1.54) is 18.4 Å². The number of carbonyl (C=O) groups excluding carboxylic acids is 1. The SMILES string of the molecule is CCCCN(C)c1nc(Cl)nc2sc(C(=O)OC)c(C)c12. The van der Waals surface area contributed by atoms with Crippen molar-refractivity contribution in [2.24, 2.45) is 0 Å². The summed E-state index contributed by atoms with van der Waals surface area (Å²) in [5, 5.41) is 1.07. The van der Waals surface area contributed by atoms with Crippen molar-refractivity contribution in [2.45, 2.75) is 26.7 Å². The van der Waals surface area contributed by atoms with E-state index in [1.807, 2.05) is 14.0 Å². The van der Waals surface area contributed by atoms with Crippen LogP contribution in [0.1, 0.15) is 35.0 Å². The molecule has 0 atom stereocenters. The Bertz CT molecular complexity index is 672. The van der Waals surface area contributed by atoms with Gasteiger partial charge in [-0.25, -0.2) is 9.78 Å². The van der Waals surface area contributed by atoms with Crippen LogP contribution in [0.3, 0.4) is 0 Å². The molecule has 0 spiro atoms. The van der Waals surface area contributed by atoms with Gasteiger partial charge >= 0.3 is 5.97 Å². The van der Waals surface area contributed by atoms with Gasteiger partial charge in [-0.1, -0.05) is 13.3 Å². The Kier molecular flexibility index (Phi) is 5.00. The maximum atomic E-state index is 11.8. The summed E-state index contributed by atoms with van der Waals surface area (Å²) < 4.78 is 4.82. The minimum Gasteiger partial charge on any atom is -0.465 e. The molecule has 0 amide bonds. The van der Waals surface area contributed by atoms with E-state index in [2.05, 4.69) is 21.8 Å². The molecule has 0 saturated carbocycles. The quantitative estimate of drug-likeness (QED) is 0.619. The summed E-state index contributed by atoms with van der Waals surface area (Å²) in [5.74, 6) is 0.413. The molecule has 0 aliphatic carbocycles. The van der Waals surface area contributed by atoms with E-state index < -0.39 is 0 Å². The number of methoxy groups -OCH3 is 1. The van der Waals surface area contributed by atoms with Crippen LogP contribution >= 0.6 is 22.9 Å². The highest BCUT2D eigenvalue weighted by molar-refractivity contribution is 7.20. The lowest BCUT2D eigenvalue weighted by molar-refractivity contribution is 0.0605. The van der Waals surface area contributed by atoms with Crippen LogP contribution in [0.2, 0.25) is 5.28 Å². The van der Waals surface area contributed by atoms with Gasteiger partial charge in [0, 0.05) is 13.6 Å². The fourth-order valence-electron chi connectivity index (χ4n) is 2.16. The standard InChI is InChI=1S/C14H18ClN3O2S/c1-5-6-7-18(3)11-9-8(2)10(13(19)20-4)21-12(9)17-14(15)16-11/h5-7H2,1-4H3. The minimum atomic E-state index is -0.353.